The molecular formula is C14H15N5OS. The molecule has 3 heterocycles. The fourth-order valence-electron chi connectivity index (χ4n) is 2.13. The molecule has 0 unspecified atom stereocenters. The Labute approximate surface area is 125 Å². The van der Waals surface area contributed by atoms with E-state index in [0.717, 1.165) is 21.6 Å². The minimum atomic E-state index is -0.244. The third-order valence-corrected chi connectivity index (χ3v) is 4.00. The number of carbonyl (C=O) groups excluding carboxylic acids is 1. The van der Waals surface area contributed by atoms with Crippen LogP contribution in [0.1, 0.15) is 10.6 Å². The Morgan fingerprint density at radius 3 is 3.10 bits per heavy atom. The second kappa shape index (κ2) is 5.53. The van der Waals surface area contributed by atoms with E-state index in [1.807, 2.05) is 37.6 Å². The molecule has 0 saturated carbocycles. The first-order chi connectivity index (χ1) is 10.1. The van der Waals surface area contributed by atoms with Crippen LogP contribution in [0.4, 0.5) is 10.5 Å². The van der Waals surface area contributed by atoms with E-state index >= 15 is 0 Å². The molecule has 7 heteroatoms. The monoisotopic (exact) mass is 301 g/mol. The molecule has 0 saturated heterocycles. The number of rotatable bonds is 3. The summed E-state index contributed by atoms with van der Waals surface area (Å²) in [5.41, 5.74) is 2.35. The van der Waals surface area contributed by atoms with Gasteiger partial charge in [0.2, 0.25) is 0 Å². The lowest BCUT2D eigenvalue weighted by Crippen LogP contribution is -2.27. The van der Waals surface area contributed by atoms with Crippen molar-refractivity contribution in [2.24, 2.45) is 7.05 Å². The van der Waals surface area contributed by atoms with Gasteiger partial charge in [0.15, 0.2) is 5.65 Å². The average Bonchev–Trinajstić information content (AvgIpc) is 3.06. The summed E-state index contributed by atoms with van der Waals surface area (Å²) in [6.07, 6.45) is 1.63. The molecule has 0 bridgehead atoms. The number of aryl methyl sites for hydroxylation is 2. The van der Waals surface area contributed by atoms with Gasteiger partial charge in [0.1, 0.15) is 0 Å². The van der Waals surface area contributed by atoms with Crippen LogP contribution in [-0.2, 0) is 13.6 Å². The Bertz CT molecular complexity index is 778. The zero-order chi connectivity index (χ0) is 14.8. The van der Waals surface area contributed by atoms with Gasteiger partial charge in [-0.1, -0.05) is 6.07 Å². The van der Waals surface area contributed by atoms with E-state index in [1.165, 1.54) is 0 Å². The third-order valence-electron chi connectivity index (χ3n) is 3.12. The predicted octanol–water partition coefficient (Wildman–Crippen LogP) is 2.66. The highest BCUT2D eigenvalue weighted by molar-refractivity contribution is 7.09. The van der Waals surface area contributed by atoms with E-state index in [9.17, 15) is 4.79 Å². The van der Waals surface area contributed by atoms with Gasteiger partial charge in [-0.3, -0.25) is 4.68 Å². The van der Waals surface area contributed by atoms with Crippen molar-refractivity contribution in [1.29, 1.82) is 0 Å². The van der Waals surface area contributed by atoms with Gasteiger partial charge in [0.25, 0.3) is 0 Å². The Morgan fingerprint density at radius 1 is 1.48 bits per heavy atom. The van der Waals surface area contributed by atoms with Gasteiger partial charge in [-0.2, -0.15) is 5.10 Å². The highest BCUT2D eigenvalue weighted by Gasteiger charge is 2.08. The number of nitrogens with zero attached hydrogens (tertiary/aromatic N) is 3. The van der Waals surface area contributed by atoms with Crippen LogP contribution < -0.4 is 10.6 Å². The maximum absolute atomic E-state index is 11.9. The molecule has 0 radical (unpaired) electrons. The van der Waals surface area contributed by atoms with Crippen molar-refractivity contribution in [2.75, 3.05) is 5.32 Å². The Balaban J connectivity index is 1.69. The van der Waals surface area contributed by atoms with Crippen molar-refractivity contribution in [2.45, 2.75) is 13.5 Å². The second-order valence-electron chi connectivity index (χ2n) is 4.69. The minimum Gasteiger partial charge on any atom is -0.333 e. The van der Waals surface area contributed by atoms with E-state index in [0.29, 0.717) is 12.2 Å². The number of amides is 2. The summed E-state index contributed by atoms with van der Waals surface area (Å²) in [7, 11) is 1.85. The van der Waals surface area contributed by atoms with Crippen molar-refractivity contribution >= 4 is 34.1 Å². The largest absolute Gasteiger partial charge is 0.333 e. The van der Waals surface area contributed by atoms with Gasteiger partial charge in [-0.05, 0) is 24.4 Å². The van der Waals surface area contributed by atoms with E-state index < -0.39 is 0 Å². The topological polar surface area (TPSA) is 71.8 Å². The van der Waals surface area contributed by atoms with Crippen LogP contribution in [0.25, 0.3) is 11.0 Å². The quantitative estimate of drug-likeness (QED) is 0.781. The molecule has 2 amide bonds. The molecule has 6 nitrogen and oxygen atoms in total. The zero-order valence-corrected chi connectivity index (χ0v) is 12.6. The van der Waals surface area contributed by atoms with Crippen LogP contribution in [0.5, 0.6) is 0 Å². The Hall–Kier alpha value is -2.41. The van der Waals surface area contributed by atoms with Gasteiger partial charge in [0, 0.05) is 17.3 Å². The molecular weight excluding hydrogens is 286 g/mol. The number of aromatic nitrogens is 3. The normalized spacial score (nSPS) is 10.8. The number of nitrogens with one attached hydrogen (secondary N) is 2. The third kappa shape index (κ3) is 2.87. The average molecular weight is 301 g/mol. The van der Waals surface area contributed by atoms with Crippen LogP contribution in [0.15, 0.2) is 29.8 Å². The fraction of sp³-hybridized carbons (Fsp3) is 0.214. The molecule has 0 aromatic carbocycles. The van der Waals surface area contributed by atoms with E-state index in [-0.39, 0.29) is 6.03 Å². The lowest BCUT2D eigenvalue weighted by atomic mass is 10.2. The molecule has 21 heavy (non-hydrogen) atoms. The van der Waals surface area contributed by atoms with E-state index in [1.54, 1.807) is 22.2 Å². The molecule has 0 aliphatic heterocycles. The zero-order valence-electron chi connectivity index (χ0n) is 11.8. The summed E-state index contributed by atoms with van der Waals surface area (Å²) in [5.74, 6) is 0. The highest BCUT2D eigenvalue weighted by atomic mass is 32.1. The predicted molar refractivity (Wildman–Crippen MR) is 83.4 cm³/mol. The molecule has 0 spiro atoms. The van der Waals surface area contributed by atoms with Crippen LogP contribution in [0.2, 0.25) is 0 Å². The molecule has 3 rings (SSSR count). The number of hydrogen-bond donors (Lipinski definition) is 2. The molecule has 0 atom stereocenters. The molecule has 3 aromatic rings. The number of anilines is 1. The van der Waals surface area contributed by atoms with Gasteiger partial charge >= 0.3 is 6.03 Å². The first kappa shape index (κ1) is 13.6. The summed E-state index contributed by atoms with van der Waals surface area (Å²) in [5, 5.41) is 12.8. The summed E-state index contributed by atoms with van der Waals surface area (Å²) < 4.78 is 1.73. The van der Waals surface area contributed by atoms with Crippen LogP contribution in [0.3, 0.4) is 0 Å². The summed E-state index contributed by atoms with van der Waals surface area (Å²) in [6, 6.07) is 5.58. The van der Waals surface area contributed by atoms with Gasteiger partial charge in [-0.25, -0.2) is 9.78 Å². The first-order valence-corrected chi connectivity index (χ1v) is 7.38. The number of carbonyl (C=O) groups is 1. The maximum Gasteiger partial charge on any atom is 0.319 e. The standard InChI is InChI=1S/C14H15N5OS/c1-9-12-6-10(7-15-13(12)19(2)18-9)17-14(20)16-8-11-4-3-5-21-11/h3-7H,8H2,1-2H3,(H2,16,17,20). The van der Waals surface area contributed by atoms with Crippen molar-refractivity contribution in [3.05, 3.63) is 40.3 Å². The molecule has 0 aliphatic carbocycles. The second-order valence-corrected chi connectivity index (χ2v) is 5.72. The number of hydrogen-bond acceptors (Lipinski definition) is 4. The van der Waals surface area contributed by atoms with Crippen LogP contribution in [-0.4, -0.2) is 20.8 Å². The van der Waals surface area contributed by atoms with Crippen molar-refractivity contribution in [1.82, 2.24) is 20.1 Å². The molecule has 3 aromatic heterocycles. The smallest absolute Gasteiger partial charge is 0.319 e. The lowest BCUT2D eigenvalue weighted by Gasteiger charge is -2.06. The van der Waals surface area contributed by atoms with E-state index in [4.69, 9.17) is 0 Å². The first-order valence-electron chi connectivity index (χ1n) is 6.50. The summed E-state index contributed by atoms with van der Waals surface area (Å²) in [6.45, 7) is 2.44. The maximum atomic E-state index is 11.9. The van der Waals surface area contributed by atoms with Crippen molar-refractivity contribution in [3.63, 3.8) is 0 Å². The summed E-state index contributed by atoms with van der Waals surface area (Å²) >= 11 is 1.61. The van der Waals surface area contributed by atoms with Crippen LogP contribution in [0, 0.1) is 6.92 Å². The number of urea groups is 1. The van der Waals surface area contributed by atoms with Crippen molar-refractivity contribution in [3.8, 4) is 0 Å². The molecule has 2 N–H and O–H groups in total. The minimum absolute atomic E-state index is 0.244. The highest BCUT2D eigenvalue weighted by Crippen LogP contribution is 2.19. The SMILES string of the molecule is Cc1nn(C)c2ncc(NC(=O)NCc3cccs3)cc12. The number of pyridine rings is 1. The van der Waals surface area contributed by atoms with E-state index in [2.05, 4.69) is 20.7 Å². The van der Waals surface area contributed by atoms with Crippen molar-refractivity contribution < 1.29 is 4.79 Å². The fourth-order valence-corrected chi connectivity index (χ4v) is 2.78. The molecule has 108 valence electrons. The van der Waals surface area contributed by atoms with Gasteiger partial charge in [-0.15, -0.1) is 11.3 Å². The Kier molecular flexibility index (Phi) is 3.57. The number of fused-ring (bicyclic) bond motifs is 1. The lowest BCUT2D eigenvalue weighted by molar-refractivity contribution is 0.252. The van der Waals surface area contributed by atoms with Gasteiger partial charge in [0.05, 0.1) is 24.1 Å². The van der Waals surface area contributed by atoms with Gasteiger partial charge < -0.3 is 10.6 Å². The summed E-state index contributed by atoms with van der Waals surface area (Å²) in [4.78, 5) is 17.3. The molecule has 0 aliphatic rings. The number of thiophene rings is 1. The Morgan fingerprint density at radius 2 is 2.33 bits per heavy atom. The molecule has 0 fully saturated rings. The van der Waals surface area contributed by atoms with Crippen LogP contribution >= 0.6 is 11.3 Å².